The number of rotatable bonds is 9. The molecule has 20 aromatic carbocycles. The summed E-state index contributed by atoms with van der Waals surface area (Å²) < 4.78 is 9.92. The Kier molecular flexibility index (Phi) is 13.9. The first-order valence-electron chi connectivity index (χ1n) is 38.3. The maximum Gasteiger partial charge on any atom is 0.145 e. The molecule has 6 heteroatoms. The largest absolute Gasteiger partial charge is 0.292 e. The highest BCUT2D eigenvalue weighted by atomic mass is 32.1. The molecule has 0 aliphatic heterocycles. The van der Waals surface area contributed by atoms with E-state index in [1.807, 2.05) is 22.7 Å². The van der Waals surface area contributed by atoms with Crippen LogP contribution in [0.4, 0.5) is 0 Å². The zero-order valence-electron chi connectivity index (χ0n) is 60.4. The van der Waals surface area contributed by atoms with Crippen molar-refractivity contribution in [3.05, 3.63) is 376 Å². The number of fused-ring (bicyclic) bond motifs is 22. The van der Waals surface area contributed by atoms with Crippen LogP contribution in [0.2, 0.25) is 0 Å². The van der Waals surface area contributed by atoms with Gasteiger partial charge in [0.2, 0.25) is 0 Å². The molecule has 0 spiro atoms. The van der Waals surface area contributed by atoms with Gasteiger partial charge >= 0.3 is 0 Å². The molecule has 0 aliphatic rings. The van der Waals surface area contributed by atoms with Gasteiger partial charge in [-0.25, -0.2) is 9.97 Å². The summed E-state index contributed by atoms with van der Waals surface area (Å²) in [4.78, 5) is 10.7. The molecule has 0 bridgehead atoms. The second-order valence-corrected chi connectivity index (χ2v) is 31.8. The molecule has 0 amide bonds. The number of aromatic nitrogens is 4. The summed E-state index contributed by atoms with van der Waals surface area (Å²) in [6, 6.07) is 139. The summed E-state index contributed by atoms with van der Waals surface area (Å²) in [5.41, 5.74) is 20.2. The highest BCUT2D eigenvalue weighted by Gasteiger charge is 2.25. The number of hydrogen-bond donors (Lipinski definition) is 0. The van der Waals surface area contributed by atoms with Gasteiger partial charge in [0.1, 0.15) is 11.6 Å². The van der Waals surface area contributed by atoms with Crippen LogP contribution in [-0.2, 0) is 0 Å². The third-order valence-electron chi connectivity index (χ3n) is 23.7. The average molecular weight is 1460 g/mol. The van der Waals surface area contributed by atoms with Crippen LogP contribution in [0.15, 0.2) is 376 Å². The lowest BCUT2D eigenvalue weighted by molar-refractivity contribution is 1.10. The summed E-state index contributed by atoms with van der Waals surface area (Å²) in [7, 11) is 0. The van der Waals surface area contributed by atoms with E-state index in [0.717, 1.165) is 78.5 Å². The van der Waals surface area contributed by atoms with Crippen LogP contribution in [0, 0.1) is 0 Å². The van der Waals surface area contributed by atoms with Crippen molar-refractivity contribution < 1.29 is 0 Å². The molecule has 24 aromatic rings. The van der Waals surface area contributed by atoms with Crippen LogP contribution in [0.3, 0.4) is 0 Å². The monoisotopic (exact) mass is 1450 g/mol. The van der Waals surface area contributed by atoms with Gasteiger partial charge in [0.05, 0.1) is 22.1 Å². The Balaban J connectivity index is 0.541. The summed E-state index contributed by atoms with van der Waals surface area (Å²) in [6.07, 6.45) is 0. The molecule has 4 nitrogen and oxygen atoms in total. The first-order valence-corrected chi connectivity index (χ1v) is 40.0. The first kappa shape index (κ1) is 62.9. The molecule has 0 radical (unpaired) electrons. The van der Waals surface area contributed by atoms with E-state index in [1.165, 1.54) is 160 Å². The van der Waals surface area contributed by atoms with E-state index >= 15 is 0 Å². The molecule has 0 N–H and O–H groups in total. The van der Waals surface area contributed by atoms with Gasteiger partial charge in [-0.05, 0) is 192 Å². The van der Waals surface area contributed by atoms with Crippen molar-refractivity contribution in [2.75, 3.05) is 0 Å². The summed E-state index contributed by atoms with van der Waals surface area (Å²) in [5, 5.41) is 25.6. The number of imidazole rings is 2. The molecule has 4 heterocycles. The molecule has 0 fully saturated rings. The molecule has 0 saturated carbocycles. The number of para-hydroxylation sites is 4. The van der Waals surface area contributed by atoms with Crippen molar-refractivity contribution in [3.8, 4) is 89.8 Å². The topological polar surface area (TPSA) is 35.6 Å². The predicted octanol–water partition coefficient (Wildman–Crippen LogP) is 30.0. The fourth-order valence-corrected chi connectivity index (χ4v) is 21.4. The number of benzene rings is 20. The minimum Gasteiger partial charge on any atom is -0.292 e. The van der Waals surface area contributed by atoms with Gasteiger partial charge in [0.25, 0.3) is 0 Å². The highest BCUT2D eigenvalue weighted by molar-refractivity contribution is 7.27. The van der Waals surface area contributed by atoms with E-state index in [4.69, 9.17) is 9.97 Å². The summed E-state index contributed by atoms with van der Waals surface area (Å²) in [6.45, 7) is 0. The molecule has 0 saturated heterocycles. The molecule has 518 valence electrons. The second-order valence-electron chi connectivity index (χ2n) is 29.7. The Bertz CT molecular complexity index is 7980. The Hall–Kier alpha value is -14.1. The minimum atomic E-state index is 0.889. The van der Waals surface area contributed by atoms with Crippen LogP contribution in [0.25, 0.3) is 238 Å². The molecule has 0 unspecified atom stereocenters. The maximum absolute atomic E-state index is 5.37. The number of nitrogens with zero attached hydrogens (tertiary/aromatic N) is 4. The number of thiophene rings is 2. The van der Waals surface area contributed by atoms with Crippen molar-refractivity contribution in [2.45, 2.75) is 0 Å². The van der Waals surface area contributed by atoms with Crippen molar-refractivity contribution in [3.63, 3.8) is 0 Å². The van der Waals surface area contributed by atoms with E-state index < -0.39 is 0 Å². The molecule has 0 atom stereocenters. The average Bonchev–Trinajstić information content (AvgIpc) is 1.64. The lowest BCUT2D eigenvalue weighted by Crippen LogP contribution is -1.98. The predicted molar refractivity (Wildman–Crippen MR) is 480 cm³/mol. The van der Waals surface area contributed by atoms with Gasteiger partial charge in [-0.1, -0.05) is 315 Å². The van der Waals surface area contributed by atoms with E-state index in [2.05, 4.69) is 385 Å². The van der Waals surface area contributed by atoms with Crippen LogP contribution in [-0.4, -0.2) is 19.1 Å². The second kappa shape index (κ2) is 24.7. The van der Waals surface area contributed by atoms with E-state index in [9.17, 15) is 0 Å². The third-order valence-corrected chi connectivity index (χ3v) is 26.1. The smallest absolute Gasteiger partial charge is 0.145 e. The van der Waals surface area contributed by atoms with Gasteiger partial charge in [0, 0.05) is 73.6 Å². The lowest BCUT2D eigenvalue weighted by Gasteiger charge is -2.18. The Labute approximate surface area is 651 Å². The zero-order chi connectivity index (χ0) is 73.2. The normalized spacial score (nSPS) is 12.1. The molecule has 0 aliphatic carbocycles. The molecule has 4 aromatic heterocycles. The van der Waals surface area contributed by atoms with Crippen molar-refractivity contribution in [2.24, 2.45) is 0 Å². The molecule has 112 heavy (non-hydrogen) atoms. The zero-order valence-corrected chi connectivity index (χ0v) is 62.0. The van der Waals surface area contributed by atoms with Gasteiger partial charge in [0.15, 0.2) is 0 Å². The standard InChI is InChI=1S/C106H62N4S2/c1-5-25-77-73(21-1)75-23-3-15-35-87(75)103-101(77)89-59-53-69(61-95(89)111-103)99-83-31-11-7-27-79(83)97(80-28-8-12-32-84(80)99)65-43-47-68(48-44-65)106-108-91-37-17-19-39-93(91)109(106)71-55-49-64(50-56-71)63-41-45-67(46-42-63)105-107-92-38-18-20-40-94(92)110(105)72-57-51-66(52-58-72)98-81-29-9-13-33-85(81)100(86-34-14-10-30-82(86)98)70-54-60-90-96(62-70)112-104-88-36-16-4-24-76(88)74-22-2-6-26-78(74)102(90)104/h1-62H. The maximum atomic E-state index is 5.37. The van der Waals surface area contributed by atoms with E-state index in [0.29, 0.717) is 0 Å². The Morgan fingerprint density at radius 1 is 0.188 bits per heavy atom. The SMILES string of the molecule is c1ccc2c(c1)nc(-c1ccc(-c3c4ccccc4c(-c4ccc5c(c4)sc4c6ccccc6c6ccccc6c54)c4ccccc34)cc1)n2-c1ccc(-c2ccc(-c3nc4ccccc4n3-c3ccc(-c4c5ccccc5c(-c5ccc6c(c5)sc5c7ccccc7c7ccccc7c65)c5ccccc45)cc3)cc2)cc1. The Morgan fingerprint density at radius 3 is 0.795 bits per heavy atom. The minimum absolute atomic E-state index is 0.889. The van der Waals surface area contributed by atoms with Gasteiger partial charge in [-0.3, -0.25) is 9.13 Å². The third kappa shape index (κ3) is 9.47. The molecular weight excluding hydrogens is 1390 g/mol. The fourth-order valence-electron chi connectivity index (χ4n) is 18.8. The Morgan fingerprint density at radius 2 is 0.438 bits per heavy atom. The van der Waals surface area contributed by atoms with Crippen LogP contribution in [0.1, 0.15) is 0 Å². The summed E-state index contributed by atoms with van der Waals surface area (Å²) >= 11 is 3.83. The van der Waals surface area contributed by atoms with Crippen molar-refractivity contribution in [1.29, 1.82) is 0 Å². The van der Waals surface area contributed by atoms with Gasteiger partial charge < -0.3 is 0 Å². The quantitative estimate of drug-likeness (QED) is 0.107. The van der Waals surface area contributed by atoms with E-state index in [1.54, 1.807) is 0 Å². The lowest BCUT2D eigenvalue weighted by atomic mass is 9.85. The van der Waals surface area contributed by atoms with E-state index in [-0.39, 0.29) is 0 Å². The van der Waals surface area contributed by atoms with Crippen LogP contribution in [0.5, 0.6) is 0 Å². The summed E-state index contributed by atoms with van der Waals surface area (Å²) in [5.74, 6) is 1.78. The van der Waals surface area contributed by atoms with Crippen molar-refractivity contribution in [1.82, 2.24) is 19.1 Å². The van der Waals surface area contributed by atoms with Crippen molar-refractivity contribution >= 4 is 171 Å². The van der Waals surface area contributed by atoms with Gasteiger partial charge in [-0.15, -0.1) is 22.7 Å². The van der Waals surface area contributed by atoms with Crippen LogP contribution >= 0.6 is 22.7 Å². The molecule has 24 rings (SSSR count). The first-order chi connectivity index (χ1) is 55.6. The molecular formula is C106H62N4S2. The van der Waals surface area contributed by atoms with Gasteiger partial charge in [-0.2, -0.15) is 0 Å². The number of hydrogen-bond acceptors (Lipinski definition) is 4. The fraction of sp³-hybridized carbons (Fsp3) is 0. The van der Waals surface area contributed by atoms with Crippen LogP contribution < -0.4 is 0 Å². The highest BCUT2D eigenvalue weighted by Crippen LogP contribution is 2.52.